The van der Waals surface area contributed by atoms with Crippen molar-refractivity contribution in [3.63, 3.8) is 0 Å². The molecule has 0 bridgehead atoms. The highest BCUT2D eigenvalue weighted by atomic mass is 32.2. The van der Waals surface area contributed by atoms with Crippen molar-refractivity contribution < 1.29 is 23.1 Å². The van der Waals surface area contributed by atoms with Crippen LogP contribution in [0.15, 0.2) is 77.7 Å². The Morgan fingerprint density at radius 2 is 1.68 bits per heavy atom. The highest BCUT2D eigenvalue weighted by molar-refractivity contribution is 7.91. The molecule has 38 heavy (non-hydrogen) atoms. The fourth-order valence-electron chi connectivity index (χ4n) is 4.78. The van der Waals surface area contributed by atoms with Gasteiger partial charge in [-0.2, -0.15) is 0 Å². The number of fused-ring (bicyclic) bond motifs is 2. The number of aliphatic carboxylic acids is 1. The summed E-state index contributed by atoms with van der Waals surface area (Å²) in [5.41, 5.74) is 4.62. The van der Waals surface area contributed by atoms with Gasteiger partial charge >= 0.3 is 5.97 Å². The predicted octanol–water partition coefficient (Wildman–Crippen LogP) is 4.74. The van der Waals surface area contributed by atoms with Crippen LogP contribution in [0.5, 0.6) is 0 Å². The number of benzene rings is 3. The van der Waals surface area contributed by atoms with Crippen LogP contribution in [0.2, 0.25) is 0 Å². The molecule has 1 aliphatic rings. The van der Waals surface area contributed by atoms with Crippen LogP contribution in [-0.4, -0.2) is 41.1 Å². The average molecular weight is 530 g/mol. The van der Waals surface area contributed by atoms with Gasteiger partial charge in [-0.25, -0.2) is 18.4 Å². The van der Waals surface area contributed by atoms with Crippen molar-refractivity contribution in [3.05, 3.63) is 89.6 Å². The van der Waals surface area contributed by atoms with Gasteiger partial charge in [0.25, 0.3) is 5.91 Å². The standard InChI is InChI=1S/C29H27N3O5S/c33-27(34)13-7-5-11-24-28(19-8-2-1-3-9-19)31-23-15-14-20(18-25(23)30-24)29(35)32-22-16-17-38(36,37)26-12-6-4-10-21(22)26/h1-4,6,8-10,12,14-15,18,22H,5,7,11,13,16-17H2,(H,32,35)(H,33,34)/t22-/m0/s1. The highest BCUT2D eigenvalue weighted by Crippen LogP contribution is 2.32. The number of hydrogen-bond donors (Lipinski definition) is 2. The summed E-state index contributed by atoms with van der Waals surface area (Å²) in [6.07, 6.45) is 2.14. The number of carboxylic acid groups (broad SMARTS) is 1. The molecular formula is C29H27N3O5S. The van der Waals surface area contributed by atoms with Gasteiger partial charge in [0.15, 0.2) is 9.84 Å². The molecule has 1 atom stereocenters. The third-order valence-corrected chi connectivity index (χ3v) is 8.53. The Labute approximate surface area is 220 Å². The number of carboxylic acids is 1. The number of unbranched alkanes of at least 4 members (excludes halogenated alkanes) is 1. The van der Waals surface area contributed by atoms with E-state index in [1.807, 2.05) is 30.3 Å². The van der Waals surface area contributed by atoms with E-state index < -0.39 is 21.8 Å². The van der Waals surface area contributed by atoms with Gasteiger partial charge in [-0.1, -0.05) is 48.5 Å². The van der Waals surface area contributed by atoms with Crippen LogP contribution in [0.3, 0.4) is 0 Å². The number of aryl methyl sites for hydroxylation is 1. The van der Waals surface area contributed by atoms with Crippen LogP contribution in [0, 0.1) is 0 Å². The maximum atomic E-state index is 13.2. The molecule has 9 heteroatoms. The Hall–Kier alpha value is -4.11. The number of rotatable bonds is 8. The topological polar surface area (TPSA) is 126 Å². The molecule has 3 aromatic carbocycles. The second kappa shape index (κ2) is 10.7. The van der Waals surface area contributed by atoms with E-state index in [0.717, 1.165) is 17.0 Å². The van der Waals surface area contributed by atoms with Gasteiger partial charge in [0.2, 0.25) is 0 Å². The van der Waals surface area contributed by atoms with Crippen LogP contribution in [0.25, 0.3) is 22.3 Å². The van der Waals surface area contributed by atoms with E-state index in [0.29, 0.717) is 47.8 Å². The summed E-state index contributed by atoms with van der Waals surface area (Å²) in [5, 5.41) is 12.0. The molecule has 5 rings (SSSR count). The SMILES string of the molecule is O=C(O)CCCCc1nc2cc(C(=O)N[C@H]3CCS(=O)(=O)c4ccccc43)ccc2nc1-c1ccccc1. The molecule has 0 spiro atoms. The van der Waals surface area contributed by atoms with Crippen molar-refractivity contribution in [1.82, 2.24) is 15.3 Å². The molecule has 4 aromatic rings. The van der Waals surface area contributed by atoms with Crippen molar-refractivity contribution in [3.8, 4) is 11.3 Å². The Morgan fingerprint density at radius 3 is 2.47 bits per heavy atom. The summed E-state index contributed by atoms with van der Waals surface area (Å²) < 4.78 is 24.9. The lowest BCUT2D eigenvalue weighted by Crippen LogP contribution is -2.33. The molecular weight excluding hydrogens is 502 g/mol. The summed E-state index contributed by atoms with van der Waals surface area (Å²) in [4.78, 5) is 34.1. The van der Waals surface area contributed by atoms with E-state index in [9.17, 15) is 18.0 Å². The molecule has 0 aliphatic carbocycles. The van der Waals surface area contributed by atoms with Gasteiger partial charge < -0.3 is 10.4 Å². The van der Waals surface area contributed by atoms with Gasteiger partial charge in [-0.3, -0.25) is 9.59 Å². The summed E-state index contributed by atoms with van der Waals surface area (Å²) in [6.45, 7) is 0. The van der Waals surface area contributed by atoms with Crippen LogP contribution in [0.4, 0.5) is 0 Å². The van der Waals surface area contributed by atoms with Crippen molar-refractivity contribution in [1.29, 1.82) is 0 Å². The molecule has 1 aromatic heterocycles. The minimum Gasteiger partial charge on any atom is -0.481 e. The van der Waals surface area contributed by atoms with Gasteiger partial charge in [0, 0.05) is 17.5 Å². The van der Waals surface area contributed by atoms with E-state index in [2.05, 4.69) is 5.32 Å². The molecule has 1 aliphatic heterocycles. The number of nitrogens with one attached hydrogen (secondary N) is 1. The summed E-state index contributed by atoms with van der Waals surface area (Å²) >= 11 is 0. The van der Waals surface area contributed by atoms with Crippen LogP contribution in [0.1, 0.15) is 53.3 Å². The quantitative estimate of drug-likeness (QED) is 0.316. The van der Waals surface area contributed by atoms with Gasteiger partial charge in [0.1, 0.15) is 0 Å². The normalized spacial score (nSPS) is 16.1. The number of nitrogens with zero attached hydrogens (tertiary/aromatic N) is 2. The highest BCUT2D eigenvalue weighted by Gasteiger charge is 2.31. The molecule has 194 valence electrons. The number of carbonyl (C=O) groups excluding carboxylic acids is 1. The molecule has 2 N–H and O–H groups in total. The second-order valence-electron chi connectivity index (χ2n) is 9.36. The molecule has 1 amide bonds. The fourth-order valence-corrected chi connectivity index (χ4v) is 6.41. The first-order valence-electron chi connectivity index (χ1n) is 12.5. The first-order chi connectivity index (χ1) is 18.3. The van der Waals surface area contributed by atoms with Crippen molar-refractivity contribution in [2.75, 3.05) is 5.75 Å². The molecule has 8 nitrogen and oxygen atoms in total. The third kappa shape index (κ3) is 5.43. The Kier molecular flexibility index (Phi) is 7.20. The number of carbonyl (C=O) groups is 2. The molecule has 0 saturated carbocycles. The number of aromatic nitrogens is 2. The lowest BCUT2D eigenvalue weighted by molar-refractivity contribution is -0.137. The molecule has 2 heterocycles. The lowest BCUT2D eigenvalue weighted by atomic mass is 10.0. The van der Waals surface area contributed by atoms with E-state index in [4.69, 9.17) is 15.1 Å². The van der Waals surface area contributed by atoms with Crippen molar-refractivity contribution in [2.45, 2.75) is 43.0 Å². The maximum Gasteiger partial charge on any atom is 0.303 e. The summed E-state index contributed by atoms with van der Waals surface area (Å²) in [7, 11) is -3.35. The first kappa shape index (κ1) is 25.5. The van der Waals surface area contributed by atoms with Crippen molar-refractivity contribution in [2.24, 2.45) is 0 Å². The molecule has 0 unspecified atom stereocenters. The van der Waals surface area contributed by atoms with E-state index in [-0.39, 0.29) is 23.0 Å². The molecule has 0 radical (unpaired) electrons. The van der Waals surface area contributed by atoms with Gasteiger partial charge in [-0.05, 0) is 55.5 Å². The summed E-state index contributed by atoms with van der Waals surface area (Å²) in [5.74, 6) is -1.17. The smallest absolute Gasteiger partial charge is 0.303 e. The second-order valence-corrected chi connectivity index (χ2v) is 11.4. The zero-order valence-electron chi connectivity index (χ0n) is 20.6. The first-order valence-corrected chi connectivity index (χ1v) is 14.2. The fraction of sp³-hybridized carbons (Fsp3) is 0.241. The van der Waals surface area contributed by atoms with Crippen molar-refractivity contribution >= 4 is 32.7 Å². The van der Waals surface area contributed by atoms with E-state index in [1.165, 1.54) is 0 Å². The van der Waals surface area contributed by atoms with Crippen LogP contribution < -0.4 is 5.32 Å². The third-order valence-electron chi connectivity index (χ3n) is 6.71. The molecule has 0 fully saturated rings. The van der Waals surface area contributed by atoms with E-state index >= 15 is 0 Å². The number of sulfone groups is 1. The minimum atomic E-state index is -3.35. The maximum absolute atomic E-state index is 13.2. The van der Waals surface area contributed by atoms with Gasteiger partial charge in [0.05, 0.1) is 39.1 Å². The number of amides is 1. The van der Waals surface area contributed by atoms with Crippen LogP contribution >= 0.6 is 0 Å². The lowest BCUT2D eigenvalue weighted by Gasteiger charge is -2.26. The van der Waals surface area contributed by atoms with E-state index in [1.54, 1.807) is 42.5 Å². The Bertz CT molecular complexity index is 1620. The largest absolute Gasteiger partial charge is 0.481 e. The van der Waals surface area contributed by atoms with Gasteiger partial charge in [-0.15, -0.1) is 0 Å². The Morgan fingerprint density at radius 1 is 0.921 bits per heavy atom. The van der Waals surface area contributed by atoms with Crippen LogP contribution in [-0.2, 0) is 21.1 Å². The minimum absolute atomic E-state index is 0.0222. The summed E-state index contributed by atoms with van der Waals surface area (Å²) in [6, 6.07) is 21.2. The average Bonchev–Trinajstić information content (AvgIpc) is 2.92. The molecule has 0 saturated heterocycles. The Balaban J connectivity index is 1.44. The monoisotopic (exact) mass is 529 g/mol. The predicted molar refractivity (Wildman–Crippen MR) is 143 cm³/mol. The zero-order chi connectivity index (χ0) is 26.7. The zero-order valence-corrected chi connectivity index (χ0v) is 21.4. The number of hydrogen-bond acceptors (Lipinski definition) is 6.